The molecule has 0 spiro atoms. The van der Waals surface area contributed by atoms with Gasteiger partial charge in [-0.15, -0.1) is 0 Å². The predicted octanol–water partition coefficient (Wildman–Crippen LogP) is 0.253. The second-order valence-electron chi connectivity index (χ2n) is 2.15. The highest BCUT2D eigenvalue weighted by Gasteiger charge is 2.42. The molecule has 0 aliphatic carbocycles. The first kappa shape index (κ1) is 4.25. The third-order valence-corrected chi connectivity index (χ3v) is 1.89. The highest BCUT2D eigenvalue weighted by molar-refractivity contribution is 7.35. The van der Waals surface area contributed by atoms with Crippen molar-refractivity contribution in [1.82, 2.24) is 4.72 Å². The zero-order valence-electron chi connectivity index (χ0n) is 4.60. The van der Waals surface area contributed by atoms with Crippen LogP contribution in [0, 0.1) is 0 Å². The minimum Gasteiger partial charge on any atom is -0.396 e. The van der Waals surface area contributed by atoms with Crippen LogP contribution in [0.15, 0.2) is 0 Å². The number of rotatable bonds is 0. The fourth-order valence-corrected chi connectivity index (χ4v) is 0.686. The van der Waals surface area contributed by atoms with Gasteiger partial charge in [-0.05, 0) is 7.05 Å². The SMILES string of the molecule is CB1B(C)N1C. The highest BCUT2D eigenvalue weighted by atomic mass is 15.0. The Labute approximate surface area is 39.9 Å². The largest absolute Gasteiger partial charge is 0.396 e. The molecule has 0 aromatic carbocycles. The van der Waals surface area contributed by atoms with E-state index < -0.39 is 0 Å². The van der Waals surface area contributed by atoms with Crippen LogP contribution in [0.1, 0.15) is 0 Å². The Morgan fingerprint density at radius 2 is 1.33 bits per heavy atom. The van der Waals surface area contributed by atoms with Gasteiger partial charge in [-0.1, -0.05) is 13.6 Å². The molecule has 0 saturated carbocycles. The fourth-order valence-electron chi connectivity index (χ4n) is 0.686. The minimum absolute atomic E-state index is 0.852. The lowest BCUT2D eigenvalue weighted by molar-refractivity contribution is 0.916. The van der Waals surface area contributed by atoms with Crippen LogP contribution in [-0.4, -0.2) is 25.2 Å². The molecule has 1 nitrogen and oxygen atoms in total. The van der Waals surface area contributed by atoms with Gasteiger partial charge in [0.05, 0.1) is 0 Å². The highest BCUT2D eigenvalue weighted by Crippen LogP contribution is 2.13. The van der Waals surface area contributed by atoms with Crippen molar-refractivity contribution >= 4 is 13.5 Å². The van der Waals surface area contributed by atoms with Gasteiger partial charge in [0, 0.05) is 0 Å². The van der Waals surface area contributed by atoms with E-state index in [0.717, 1.165) is 13.5 Å². The van der Waals surface area contributed by atoms with E-state index in [1.807, 2.05) is 0 Å². The maximum Gasteiger partial charge on any atom is 0.191 e. The third kappa shape index (κ3) is 0.384. The second-order valence-corrected chi connectivity index (χ2v) is 2.15. The predicted molar refractivity (Wildman–Crippen MR) is 31.0 cm³/mol. The smallest absolute Gasteiger partial charge is 0.191 e. The topological polar surface area (TPSA) is 3.01 Å². The maximum atomic E-state index is 2.33. The monoisotopic (exact) mass is 81.1 g/mol. The Hall–Kier alpha value is 0.0899. The first-order valence-corrected chi connectivity index (χ1v) is 2.45. The minimum atomic E-state index is 0.852. The van der Waals surface area contributed by atoms with Gasteiger partial charge in [0.1, 0.15) is 0 Å². The standard InChI is InChI=1S/C3H9B2N/c1-4-5(2)6(4)3/h1-3H3. The van der Waals surface area contributed by atoms with Crippen molar-refractivity contribution in [2.45, 2.75) is 13.6 Å². The van der Waals surface area contributed by atoms with Crippen molar-refractivity contribution in [1.29, 1.82) is 0 Å². The van der Waals surface area contributed by atoms with Crippen LogP contribution < -0.4 is 0 Å². The van der Waals surface area contributed by atoms with E-state index in [1.165, 1.54) is 0 Å². The molecule has 0 radical (unpaired) electrons. The summed E-state index contributed by atoms with van der Waals surface area (Å²) in [4.78, 5) is 0. The van der Waals surface area contributed by atoms with Crippen molar-refractivity contribution in [3.05, 3.63) is 0 Å². The number of nitrogens with zero attached hydrogens (tertiary/aromatic N) is 1. The molecule has 6 heavy (non-hydrogen) atoms. The van der Waals surface area contributed by atoms with E-state index in [-0.39, 0.29) is 0 Å². The molecule has 1 heterocycles. The molecule has 0 N–H and O–H groups in total. The van der Waals surface area contributed by atoms with Crippen LogP contribution in [0.2, 0.25) is 13.6 Å². The van der Waals surface area contributed by atoms with Gasteiger partial charge in [-0.2, -0.15) is 0 Å². The molecule has 1 rings (SSSR count). The summed E-state index contributed by atoms with van der Waals surface area (Å²) in [7, 11) is 2.15. The average molecular weight is 80.7 g/mol. The molecule has 3 heteroatoms. The summed E-state index contributed by atoms with van der Waals surface area (Å²) >= 11 is 0. The molecule has 1 aliphatic rings. The maximum absolute atomic E-state index is 2.33. The molecule has 32 valence electrons. The van der Waals surface area contributed by atoms with E-state index in [9.17, 15) is 0 Å². The van der Waals surface area contributed by atoms with Crippen LogP contribution in [0.25, 0.3) is 0 Å². The van der Waals surface area contributed by atoms with Crippen LogP contribution in [-0.2, 0) is 0 Å². The summed E-state index contributed by atoms with van der Waals surface area (Å²) in [5, 5.41) is 0. The third-order valence-electron chi connectivity index (χ3n) is 1.89. The first-order valence-electron chi connectivity index (χ1n) is 2.45. The van der Waals surface area contributed by atoms with E-state index in [1.54, 1.807) is 0 Å². The molecular formula is C3H9B2N. The first-order chi connectivity index (χ1) is 2.73. The Morgan fingerprint density at radius 1 is 1.17 bits per heavy atom. The fraction of sp³-hybridized carbons (Fsp3) is 1.00. The zero-order valence-corrected chi connectivity index (χ0v) is 4.60. The summed E-state index contributed by atoms with van der Waals surface area (Å²) in [5.41, 5.74) is 0. The lowest BCUT2D eigenvalue weighted by atomic mass is 9.43. The summed E-state index contributed by atoms with van der Waals surface area (Å²) in [5.74, 6) is 0. The molecule has 0 bridgehead atoms. The molecular weight excluding hydrogens is 71.7 g/mol. The van der Waals surface area contributed by atoms with Gasteiger partial charge in [-0.3, -0.25) is 0 Å². The molecule has 0 amide bonds. The van der Waals surface area contributed by atoms with Gasteiger partial charge >= 0.3 is 0 Å². The van der Waals surface area contributed by atoms with Gasteiger partial charge in [0.2, 0.25) is 0 Å². The van der Waals surface area contributed by atoms with E-state index in [2.05, 4.69) is 25.4 Å². The molecule has 0 atom stereocenters. The van der Waals surface area contributed by atoms with E-state index in [4.69, 9.17) is 0 Å². The van der Waals surface area contributed by atoms with Crippen LogP contribution in [0.4, 0.5) is 0 Å². The van der Waals surface area contributed by atoms with Crippen molar-refractivity contribution < 1.29 is 0 Å². The Balaban J connectivity index is 2.31. The van der Waals surface area contributed by atoms with Gasteiger partial charge in [-0.25, -0.2) is 0 Å². The van der Waals surface area contributed by atoms with Crippen molar-refractivity contribution in [2.75, 3.05) is 7.05 Å². The van der Waals surface area contributed by atoms with E-state index >= 15 is 0 Å². The quantitative estimate of drug-likeness (QED) is 0.298. The summed E-state index contributed by atoms with van der Waals surface area (Å²) in [6.07, 6.45) is 0. The molecule has 0 aromatic rings. The molecule has 1 saturated heterocycles. The number of hydrogen-bond acceptors (Lipinski definition) is 1. The Kier molecular flexibility index (Phi) is 0.731. The zero-order chi connectivity index (χ0) is 4.73. The Bertz CT molecular complexity index is 45.5. The summed E-state index contributed by atoms with van der Waals surface area (Å²) in [6, 6.07) is 0. The average Bonchev–Trinajstić information content (AvgIpc) is 1.94. The van der Waals surface area contributed by atoms with Gasteiger partial charge < -0.3 is 4.72 Å². The normalized spacial score (nSPS) is 22.5. The molecule has 1 aliphatic heterocycles. The lowest BCUT2D eigenvalue weighted by Crippen LogP contribution is -1.89. The van der Waals surface area contributed by atoms with Gasteiger partial charge in [0.15, 0.2) is 13.5 Å². The Morgan fingerprint density at radius 3 is 1.33 bits per heavy atom. The number of hydrogen-bond donors (Lipinski definition) is 0. The van der Waals surface area contributed by atoms with Crippen molar-refractivity contribution in [2.24, 2.45) is 0 Å². The van der Waals surface area contributed by atoms with Gasteiger partial charge in [0.25, 0.3) is 0 Å². The van der Waals surface area contributed by atoms with Crippen molar-refractivity contribution in [3.8, 4) is 0 Å². The second kappa shape index (κ2) is 1.03. The summed E-state index contributed by atoms with van der Waals surface area (Å²) < 4.78 is 2.33. The van der Waals surface area contributed by atoms with Crippen LogP contribution in [0.3, 0.4) is 0 Å². The molecule has 0 aromatic heterocycles. The van der Waals surface area contributed by atoms with Crippen molar-refractivity contribution in [3.63, 3.8) is 0 Å². The van der Waals surface area contributed by atoms with E-state index in [0.29, 0.717) is 0 Å². The lowest BCUT2D eigenvalue weighted by Gasteiger charge is -1.80. The summed E-state index contributed by atoms with van der Waals surface area (Å²) in [6.45, 7) is 6.19. The van der Waals surface area contributed by atoms with Crippen LogP contribution in [0.5, 0.6) is 0 Å². The van der Waals surface area contributed by atoms with Crippen LogP contribution >= 0.6 is 0 Å². The molecule has 0 unspecified atom stereocenters. The molecule has 1 fully saturated rings.